The summed E-state index contributed by atoms with van der Waals surface area (Å²) < 4.78 is 6.18. The van der Waals surface area contributed by atoms with Gasteiger partial charge in [-0.1, -0.05) is 19.9 Å². The minimum absolute atomic E-state index is 0.258. The second-order valence-corrected chi connectivity index (χ2v) is 10.6. The van der Waals surface area contributed by atoms with Crippen LogP contribution in [0, 0.1) is 30.1 Å². The smallest absolute Gasteiger partial charge is 0.323 e. The Bertz CT molecular complexity index is 1070. The van der Waals surface area contributed by atoms with Gasteiger partial charge in [-0.2, -0.15) is 15.0 Å². The molecule has 1 amide bonds. The van der Waals surface area contributed by atoms with Crippen LogP contribution in [0.1, 0.15) is 55.5 Å². The Labute approximate surface area is 200 Å². The summed E-state index contributed by atoms with van der Waals surface area (Å²) in [5.41, 5.74) is 7.96. The molecule has 6 rings (SSSR count). The molecule has 1 aromatic heterocycles. The van der Waals surface area contributed by atoms with Crippen LogP contribution in [0.3, 0.4) is 0 Å². The number of aromatic nitrogens is 3. The van der Waals surface area contributed by atoms with Gasteiger partial charge in [-0.3, -0.25) is 4.79 Å². The van der Waals surface area contributed by atoms with Crippen molar-refractivity contribution in [3.63, 3.8) is 0 Å². The minimum Gasteiger partial charge on any atom is -0.463 e. The van der Waals surface area contributed by atoms with Crippen LogP contribution in [0.2, 0.25) is 0 Å². The molecule has 3 saturated carbocycles. The van der Waals surface area contributed by atoms with Gasteiger partial charge in [0.1, 0.15) is 0 Å². The van der Waals surface area contributed by atoms with E-state index in [1.807, 2.05) is 13.0 Å². The third-order valence-electron chi connectivity index (χ3n) is 8.20. The second-order valence-electron chi connectivity index (χ2n) is 10.6. The predicted molar refractivity (Wildman–Crippen MR) is 131 cm³/mol. The van der Waals surface area contributed by atoms with Gasteiger partial charge in [-0.15, -0.1) is 0 Å². The van der Waals surface area contributed by atoms with Gasteiger partial charge in [0.25, 0.3) is 0 Å². The van der Waals surface area contributed by atoms with Gasteiger partial charge in [0.2, 0.25) is 17.8 Å². The average molecular weight is 466 g/mol. The number of carbonyl (C=O) groups is 1. The molecule has 0 spiro atoms. The largest absolute Gasteiger partial charge is 0.463 e. The molecule has 2 bridgehead atoms. The van der Waals surface area contributed by atoms with Crippen molar-refractivity contribution in [1.82, 2.24) is 20.3 Å². The summed E-state index contributed by atoms with van der Waals surface area (Å²) in [5, 5.41) is 9.98. The van der Waals surface area contributed by atoms with Crippen LogP contribution >= 0.6 is 0 Å². The van der Waals surface area contributed by atoms with Crippen molar-refractivity contribution in [2.75, 3.05) is 30.3 Å². The van der Waals surface area contributed by atoms with Crippen molar-refractivity contribution in [1.29, 1.82) is 0 Å². The van der Waals surface area contributed by atoms with Gasteiger partial charge in [0.05, 0.1) is 6.61 Å². The fourth-order valence-electron chi connectivity index (χ4n) is 5.88. The summed E-state index contributed by atoms with van der Waals surface area (Å²) in [5.74, 6) is 2.46. The van der Waals surface area contributed by atoms with Crippen LogP contribution in [-0.4, -0.2) is 46.6 Å². The van der Waals surface area contributed by atoms with E-state index in [0.717, 1.165) is 36.7 Å². The maximum Gasteiger partial charge on any atom is 0.323 e. The molecule has 9 heteroatoms. The Kier molecular flexibility index (Phi) is 6.06. The molecule has 1 saturated heterocycles. The third-order valence-corrected chi connectivity index (χ3v) is 8.20. The van der Waals surface area contributed by atoms with Crippen LogP contribution in [0.4, 0.5) is 17.6 Å². The number of fused-ring (bicyclic) bond motifs is 2. The zero-order valence-electron chi connectivity index (χ0n) is 20.2. The summed E-state index contributed by atoms with van der Waals surface area (Å²) in [6, 6.07) is 5.85. The molecule has 1 aliphatic heterocycles. The Morgan fingerprint density at radius 3 is 2.74 bits per heavy atom. The van der Waals surface area contributed by atoms with E-state index in [1.54, 1.807) is 12.1 Å². The molecule has 5 N–H and O–H groups in total. The van der Waals surface area contributed by atoms with E-state index in [0.29, 0.717) is 47.3 Å². The van der Waals surface area contributed by atoms with Crippen LogP contribution in [0.5, 0.6) is 6.01 Å². The van der Waals surface area contributed by atoms with Crippen molar-refractivity contribution >= 4 is 23.5 Å². The van der Waals surface area contributed by atoms with Crippen LogP contribution in [-0.2, 0) is 0 Å². The number of amides is 1. The zero-order valence-corrected chi connectivity index (χ0v) is 20.2. The lowest BCUT2D eigenvalue weighted by molar-refractivity contribution is -0.114. The van der Waals surface area contributed by atoms with Gasteiger partial charge in [-0.05, 0) is 80.0 Å². The fraction of sp³-hybridized carbons (Fsp3) is 0.600. The fourth-order valence-corrected chi connectivity index (χ4v) is 5.88. The molecule has 3 aliphatic carbocycles. The first-order chi connectivity index (χ1) is 16.3. The lowest BCUT2D eigenvalue weighted by atomic mass is 9.46. The monoisotopic (exact) mass is 465 g/mol. The van der Waals surface area contributed by atoms with Crippen molar-refractivity contribution in [3.8, 4) is 6.01 Å². The predicted octanol–water partition coefficient (Wildman–Crippen LogP) is 3.25. The number of hydrogen-bond donors (Lipinski definition) is 4. The van der Waals surface area contributed by atoms with Crippen molar-refractivity contribution in [2.24, 2.45) is 28.9 Å². The quantitative estimate of drug-likeness (QED) is 0.468. The van der Waals surface area contributed by atoms with Gasteiger partial charge >= 0.3 is 6.01 Å². The molecule has 2 heterocycles. The van der Waals surface area contributed by atoms with E-state index in [4.69, 9.17) is 10.5 Å². The Balaban J connectivity index is 1.36. The maximum absolute atomic E-state index is 11.6. The number of carbonyl (C=O) groups excluding carboxylic acids is 1. The highest BCUT2D eigenvalue weighted by Crippen LogP contribution is 2.61. The average Bonchev–Trinajstić information content (AvgIpc) is 3.32. The van der Waals surface area contributed by atoms with Gasteiger partial charge < -0.3 is 26.4 Å². The molecular formula is C25H35N7O2. The molecular weight excluding hydrogens is 430 g/mol. The van der Waals surface area contributed by atoms with Crippen molar-refractivity contribution in [3.05, 3.63) is 29.3 Å². The van der Waals surface area contributed by atoms with Gasteiger partial charge in [-0.25, -0.2) is 0 Å². The molecule has 2 aromatic rings. The number of anilines is 3. The summed E-state index contributed by atoms with van der Waals surface area (Å²) in [6.07, 6.45) is 4.79. The molecule has 9 nitrogen and oxygen atoms in total. The molecule has 34 heavy (non-hydrogen) atoms. The number of nitrogens with zero attached hydrogens (tertiary/aromatic N) is 3. The molecule has 182 valence electrons. The molecule has 1 aromatic carbocycles. The summed E-state index contributed by atoms with van der Waals surface area (Å²) >= 11 is 0. The molecule has 4 atom stereocenters. The van der Waals surface area contributed by atoms with E-state index in [1.165, 1.54) is 19.3 Å². The number of hydrogen-bond acceptors (Lipinski definition) is 8. The summed E-state index contributed by atoms with van der Waals surface area (Å²) in [7, 11) is 0. The number of aryl methyl sites for hydroxylation is 1. The second kappa shape index (κ2) is 9.02. The lowest BCUT2D eigenvalue weighted by Gasteiger charge is -2.60. The van der Waals surface area contributed by atoms with Crippen LogP contribution in [0.15, 0.2) is 18.2 Å². The first-order valence-electron chi connectivity index (χ1n) is 12.3. The number of nitrogens with two attached hydrogens (primary N) is 1. The van der Waals surface area contributed by atoms with E-state index in [-0.39, 0.29) is 6.04 Å². The number of nitrogens with one attached hydrogen (secondary N) is 3. The van der Waals surface area contributed by atoms with E-state index in [2.05, 4.69) is 44.7 Å². The van der Waals surface area contributed by atoms with E-state index >= 15 is 0 Å². The highest BCUT2D eigenvalue weighted by atomic mass is 16.5. The first-order valence-corrected chi connectivity index (χ1v) is 12.3. The van der Waals surface area contributed by atoms with E-state index < -0.39 is 5.91 Å². The zero-order chi connectivity index (χ0) is 23.9. The van der Waals surface area contributed by atoms with Gasteiger partial charge in [0, 0.05) is 23.8 Å². The van der Waals surface area contributed by atoms with Crippen LogP contribution in [0.25, 0.3) is 0 Å². The normalized spacial score (nSPS) is 27.0. The molecule has 0 unspecified atom stereocenters. The number of benzene rings is 1. The van der Waals surface area contributed by atoms with Crippen molar-refractivity contribution < 1.29 is 9.53 Å². The molecule has 0 radical (unpaired) electrons. The number of ether oxygens (including phenoxy) is 1. The Morgan fingerprint density at radius 1 is 1.21 bits per heavy atom. The van der Waals surface area contributed by atoms with Gasteiger partial charge in [0.15, 0.2) is 0 Å². The SMILES string of the molecule is Cc1ccc(C(N)=O)cc1Nc1nc(N[C@@H]2CCNC2)nc(OC[C@@H]2CC[C@H]3C[C@H]2C3(C)C)n1. The lowest BCUT2D eigenvalue weighted by Crippen LogP contribution is -2.53. The molecule has 4 fully saturated rings. The van der Waals surface area contributed by atoms with E-state index in [9.17, 15) is 4.79 Å². The maximum atomic E-state index is 11.6. The first kappa shape index (κ1) is 22.8. The number of rotatable bonds is 8. The third kappa shape index (κ3) is 4.53. The Morgan fingerprint density at radius 2 is 2.03 bits per heavy atom. The Hall–Kier alpha value is -2.94. The summed E-state index contributed by atoms with van der Waals surface area (Å²) in [6.45, 7) is 9.18. The number of primary amides is 1. The highest BCUT2D eigenvalue weighted by molar-refractivity contribution is 5.94. The topological polar surface area (TPSA) is 127 Å². The summed E-state index contributed by atoms with van der Waals surface area (Å²) in [4.78, 5) is 25.3. The minimum atomic E-state index is -0.479. The molecule has 4 aliphatic rings. The highest BCUT2D eigenvalue weighted by Gasteiger charge is 2.54. The van der Waals surface area contributed by atoms with Crippen molar-refractivity contribution in [2.45, 2.75) is 52.5 Å². The van der Waals surface area contributed by atoms with Crippen LogP contribution < -0.4 is 26.4 Å². The standard InChI is InChI=1S/C25H35N7O2/c1-14-4-5-15(21(26)33)10-20(14)29-23-30-22(28-18-8-9-27-12-18)31-24(32-23)34-13-16-6-7-17-11-19(16)25(17,2)3/h4-5,10,16-19,27H,6-9,11-13H2,1-3H3,(H2,26,33)(H2,28,29,30,31,32)/t16-,17-,18+,19+/m0/s1.